The minimum atomic E-state index is -0.397. The molecule has 2 aromatic rings. The van der Waals surface area contributed by atoms with E-state index in [1.54, 1.807) is 19.2 Å². The molecule has 1 amide bonds. The van der Waals surface area contributed by atoms with E-state index in [1.807, 2.05) is 13.0 Å². The Labute approximate surface area is 92.5 Å². The first-order valence-electron chi connectivity index (χ1n) is 4.81. The number of hydrogen-bond acceptors (Lipinski definition) is 4. The summed E-state index contributed by atoms with van der Waals surface area (Å²) in [6.45, 7) is 3.65. The van der Waals surface area contributed by atoms with Crippen LogP contribution < -0.4 is 5.32 Å². The van der Waals surface area contributed by atoms with Crippen molar-refractivity contribution in [3.8, 4) is 0 Å². The molecule has 0 aliphatic heterocycles. The van der Waals surface area contributed by atoms with E-state index in [9.17, 15) is 4.79 Å². The van der Waals surface area contributed by atoms with Crippen LogP contribution in [0.4, 0.5) is 5.82 Å². The zero-order chi connectivity index (χ0) is 11.5. The maximum Gasteiger partial charge on any atom is 0.312 e. The van der Waals surface area contributed by atoms with Gasteiger partial charge in [0.15, 0.2) is 0 Å². The van der Waals surface area contributed by atoms with Crippen LogP contribution in [0.2, 0.25) is 0 Å². The topological polar surface area (TPSA) is 68.0 Å². The van der Waals surface area contributed by atoms with E-state index in [-0.39, 0.29) is 5.89 Å². The highest BCUT2D eigenvalue weighted by molar-refractivity contribution is 6.00. The van der Waals surface area contributed by atoms with Crippen molar-refractivity contribution < 1.29 is 9.21 Å². The molecule has 82 valence electrons. The first-order valence-corrected chi connectivity index (χ1v) is 4.81. The zero-order valence-corrected chi connectivity index (χ0v) is 9.02. The molecule has 0 atom stereocenters. The number of rotatable bonds is 2. The number of oxazole rings is 1. The van der Waals surface area contributed by atoms with Gasteiger partial charge in [-0.2, -0.15) is 0 Å². The highest BCUT2D eigenvalue weighted by Gasteiger charge is 2.12. The minimum absolute atomic E-state index is 0.0424. The van der Waals surface area contributed by atoms with Gasteiger partial charge < -0.3 is 9.73 Å². The van der Waals surface area contributed by atoms with Crippen molar-refractivity contribution in [2.75, 3.05) is 5.32 Å². The number of pyridine rings is 1. The van der Waals surface area contributed by atoms with E-state index >= 15 is 0 Å². The number of aryl methyl sites for hydroxylation is 2. The van der Waals surface area contributed by atoms with Crippen molar-refractivity contribution in [2.24, 2.45) is 0 Å². The van der Waals surface area contributed by atoms with Gasteiger partial charge in [0, 0.05) is 6.20 Å². The summed E-state index contributed by atoms with van der Waals surface area (Å²) in [7, 11) is 0. The van der Waals surface area contributed by atoms with Crippen molar-refractivity contribution in [1.82, 2.24) is 9.97 Å². The zero-order valence-electron chi connectivity index (χ0n) is 9.02. The van der Waals surface area contributed by atoms with Gasteiger partial charge in [-0.1, -0.05) is 0 Å². The Kier molecular flexibility index (Phi) is 2.68. The van der Waals surface area contributed by atoms with E-state index < -0.39 is 5.91 Å². The Bertz CT molecular complexity index is 519. The number of nitrogens with one attached hydrogen (secondary N) is 1. The SMILES string of the molecule is Cc1ccnc(NC(=O)c2ncc(C)o2)c1. The first-order chi connectivity index (χ1) is 7.65. The lowest BCUT2D eigenvalue weighted by atomic mass is 10.3. The molecule has 0 aromatic carbocycles. The lowest BCUT2D eigenvalue weighted by Gasteiger charge is -2.01. The van der Waals surface area contributed by atoms with Crippen LogP contribution in [0.3, 0.4) is 0 Å². The molecule has 5 heteroatoms. The van der Waals surface area contributed by atoms with Crippen molar-refractivity contribution >= 4 is 11.7 Å². The van der Waals surface area contributed by atoms with E-state index in [0.29, 0.717) is 11.6 Å². The smallest absolute Gasteiger partial charge is 0.312 e. The van der Waals surface area contributed by atoms with Crippen molar-refractivity contribution in [1.29, 1.82) is 0 Å². The third-order valence-electron chi connectivity index (χ3n) is 1.97. The number of anilines is 1. The Hall–Kier alpha value is -2.17. The van der Waals surface area contributed by atoms with E-state index in [4.69, 9.17) is 4.42 Å². The maximum absolute atomic E-state index is 11.6. The molecule has 0 unspecified atom stereocenters. The van der Waals surface area contributed by atoms with Crippen molar-refractivity contribution in [2.45, 2.75) is 13.8 Å². The molecular formula is C11H11N3O2. The summed E-state index contributed by atoms with van der Waals surface area (Å²) in [4.78, 5) is 19.5. The van der Waals surface area contributed by atoms with Gasteiger partial charge in [0.1, 0.15) is 11.6 Å². The second-order valence-corrected chi connectivity index (χ2v) is 3.45. The highest BCUT2D eigenvalue weighted by atomic mass is 16.4. The number of amides is 1. The number of nitrogens with zero attached hydrogens (tertiary/aromatic N) is 2. The summed E-state index contributed by atoms with van der Waals surface area (Å²) in [5.74, 6) is 0.732. The number of hydrogen-bond donors (Lipinski definition) is 1. The predicted molar refractivity (Wildman–Crippen MR) is 58.2 cm³/mol. The molecule has 0 radical (unpaired) electrons. The third-order valence-corrected chi connectivity index (χ3v) is 1.97. The molecule has 0 saturated heterocycles. The van der Waals surface area contributed by atoms with Crippen LogP contribution in [-0.2, 0) is 0 Å². The summed E-state index contributed by atoms with van der Waals surface area (Å²) in [6, 6.07) is 3.62. The number of carbonyl (C=O) groups excluding carboxylic acids is 1. The highest BCUT2D eigenvalue weighted by Crippen LogP contribution is 2.08. The summed E-state index contributed by atoms with van der Waals surface area (Å²) >= 11 is 0. The van der Waals surface area contributed by atoms with Crippen LogP contribution in [0.1, 0.15) is 22.0 Å². The van der Waals surface area contributed by atoms with E-state index in [0.717, 1.165) is 5.56 Å². The fraction of sp³-hybridized carbons (Fsp3) is 0.182. The van der Waals surface area contributed by atoms with Gasteiger partial charge in [0.25, 0.3) is 5.89 Å². The fourth-order valence-corrected chi connectivity index (χ4v) is 1.23. The molecular weight excluding hydrogens is 206 g/mol. The minimum Gasteiger partial charge on any atom is -0.438 e. The molecule has 2 rings (SSSR count). The van der Waals surface area contributed by atoms with Gasteiger partial charge in [-0.05, 0) is 31.5 Å². The summed E-state index contributed by atoms with van der Waals surface area (Å²) in [6.07, 6.45) is 3.13. The lowest BCUT2D eigenvalue weighted by molar-refractivity contribution is 0.0988. The van der Waals surface area contributed by atoms with Gasteiger partial charge in [0.2, 0.25) is 0 Å². The average molecular weight is 217 g/mol. The molecule has 0 aliphatic rings. The van der Waals surface area contributed by atoms with Crippen LogP contribution in [-0.4, -0.2) is 15.9 Å². The summed E-state index contributed by atoms with van der Waals surface area (Å²) in [5.41, 5.74) is 1.02. The second kappa shape index (κ2) is 4.14. The van der Waals surface area contributed by atoms with Crippen LogP contribution in [0.5, 0.6) is 0 Å². The average Bonchev–Trinajstić information content (AvgIpc) is 2.65. The molecule has 2 heterocycles. The van der Waals surface area contributed by atoms with E-state index in [1.165, 1.54) is 6.20 Å². The Morgan fingerprint density at radius 2 is 2.19 bits per heavy atom. The second-order valence-electron chi connectivity index (χ2n) is 3.45. The molecule has 16 heavy (non-hydrogen) atoms. The molecule has 0 spiro atoms. The van der Waals surface area contributed by atoms with Gasteiger partial charge >= 0.3 is 5.91 Å². The van der Waals surface area contributed by atoms with Gasteiger partial charge in [-0.25, -0.2) is 9.97 Å². The molecule has 0 fully saturated rings. The van der Waals surface area contributed by atoms with Crippen LogP contribution in [0.25, 0.3) is 0 Å². The maximum atomic E-state index is 11.6. The first kappa shape index (κ1) is 10.4. The molecule has 1 N–H and O–H groups in total. The van der Waals surface area contributed by atoms with Gasteiger partial charge in [-0.3, -0.25) is 4.79 Å². The number of carbonyl (C=O) groups is 1. The summed E-state index contributed by atoms with van der Waals surface area (Å²) in [5, 5.41) is 2.61. The van der Waals surface area contributed by atoms with Gasteiger partial charge in [-0.15, -0.1) is 0 Å². The standard InChI is InChI=1S/C11H11N3O2/c1-7-3-4-12-9(5-7)14-10(15)11-13-6-8(2)16-11/h3-6H,1-2H3,(H,12,14,15). The largest absolute Gasteiger partial charge is 0.438 e. The van der Waals surface area contributed by atoms with Crippen LogP contribution in [0, 0.1) is 13.8 Å². The monoisotopic (exact) mass is 217 g/mol. The fourth-order valence-electron chi connectivity index (χ4n) is 1.23. The molecule has 2 aromatic heterocycles. The Morgan fingerprint density at radius 3 is 2.81 bits per heavy atom. The van der Waals surface area contributed by atoms with E-state index in [2.05, 4.69) is 15.3 Å². The predicted octanol–water partition coefficient (Wildman–Crippen LogP) is 1.94. The third kappa shape index (κ3) is 2.25. The Morgan fingerprint density at radius 1 is 1.38 bits per heavy atom. The quantitative estimate of drug-likeness (QED) is 0.834. The number of aromatic nitrogens is 2. The molecule has 0 bridgehead atoms. The van der Waals surface area contributed by atoms with Crippen molar-refractivity contribution in [3.05, 3.63) is 41.7 Å². The molecule has 5 nitrogen and oxygen atoms in total. The molecule has 0 aliphatic carbocycles. The van der Waals surface area contributed by atoms with Gasteiger partial charge in [0.05, 0.1) is 6.20 Å². The van der Waals surface area contributed by atoms with Crippen molar-refractivity contribution in [3.63, 3.8) is 0 Å². The molecule has 0 saturated carbocycles. The Balaban J connectivity index is 2.13. The van der Waals surface area contributed by atoms with Crippen LogP contribution in [0.15, 0.2) is 28.9 Å². The summed E-state index contributed by atoms with van der Waals surface area (Å²) < 4.78 is 5.10. The normalized spacial score (nSPS) is 10.1. The van der Waals surface area contributed by atoms with Crippen LogP contribution >= 0.6 is 0 Å². The lowest BCUT2D eigenvalue weighted by Crippen LogP contribution is -2.13.